The molecule has 1 heterocycles. The lowest BCUT2D eigenvalue weighted by Gasteiger charge is -2.12. The summed E-state index contributed by atoms with van der Waals surface area (Å²) in [6.07, 6.45) is 1.59. The van der Waals surface area contributed by atoms with Crippen molar-refractivity contribution in [2.45, 2.75) is 13.0 Å². The summed E-state index contributed by atoms with van der Waals surface area (Å²) in [5, 5.41) is 1.31. The molecule has 0 saturated carbocycles. The molecule has 0 spiro atoms. The molecule has 1 atom stereocenters. The Kier molecular flexibility index (Phi) is 3.67. The Labute approximate surface area is 110 Å². The summed E-state index contributed by atoms with van der Waals surface area (Å²) in [5.74, 6) is 0. The van der Waals surface area contributed by atoms with Gasteiger partial charge in [-0.3, -0.25) is 4.98 Å². The van der Waals surface area contributed by atoms with E-state index in [-0.39, 0.29) is 6.04 Å². The van der Waals surface area contributed by atoms with Crippen molar-refractivity contribution in [2.75, 3.05) is 0 Å². The molecule has 88 valence electrons. The molecule has 0 fully saturated rings. The number of nitrogens with zero attached hydrogens (tertiary/aromatic N) is 1. The Morgan fingerprint density at radius 3 is 2.53 bits per heavy atom. The highest BCUT2D eigenvalue weighted by atomic mass is 35.5. The van der Waals surface area contributed by atoms with E-state index in [9.17, 15) is 0 Å². The second kappa shape index (κ2) is 5.05. The predicted octanol–water partition coefficient (Wildman–Crippen LogP) is 3.74. The molecule has 2 rings (SSSR count). The minimum atomic E-state index is -0.287. The maximum Gasteiger partial charge on any atom is 0.0726 e. The predicted molar refractivity (Wildman–Crippen MR) is 71.5 cm³/mol. The summed E-state index contributed by atoms with van der Waals surface area (Å²) in [6.45, 7) is 1.96. The normalized spacial score (nSPS) is 12.5. The number of nitrogens with two attached hydrogens (primary N) is 1. The van der Waals surface area contributed by atoms with Gasteiger partial charge in [-0.15, -0.1) is 0 Å². The molecule has 0 aliphatic rings. The molecular weight excluding hydrogens is 255 g/mol. The summed E-state index contributed by atoms with van der Waals surface area (Å²) in [5.41, 5.74) is 8.87. The van der Waals surface area contributed by atoms with Crippen LogP contribution < -0.4 is 5.73 Å². The molecule has 0 bridgehead atoms. The van der Waals surface area contributed by atoms with Gasteiger partial charge in [-0.1, -0.05) is 35.3 Å². The van der Waals surface area contributed by atoms with E-state index in [1.165, 1.54) is 0 Å². The number of benzene rings is 1. The summed E-state index contributed by atoms with van der Waals surface area (Å²) in [6, 6.07) is 9.10. The number of hydrogen-bond acceptors (Lipinski definition) is 2. The summed E-state index contributed by atoms with van der Waals surface area (Å²) < 4.78 is 0. The molecule has 2 N–H and O–H groups in total. The van der Waals surface area contributed by atoms with Gasteiger partial charge in [0.2, 0.25) is 0 Å². The molecule has 1 aromatic heterocycles. The van der Waals surface area contributed by atoms with Crippen molar-refractivity contribution in [3.63, 3.8) is 0 Å². The smallest absolute Gasteiger partial charge is 0.0726 e. The number of pyridine rings is 1. The Hall–Kier alpha value is -1.09. The van der Waals surface area contributed by atoms with Crippen LogP contribution in [0.4, 0.5) is 0 Å². The number of halogens is 2. The van der Waals surface area contributed by atoms with Crippen LogP contribution in [0.25, 0.3) is 0 Å². The average molecular weight is 267 g/mol. The van der Waals surface area contributed by atoms with E-state index in [0.29, 0.717) is 10.0 Å². The quantitative estimate of drug-likeness (QED) is 0.900. The molecule has 1 aromatic carbocycles. The van der Waals surface area contributed by atoms with Crippen molar-refractivity contribution in [1.29, 1.82) is 0 Å². The molecular formula is C13H12Cl2N2. The van der Waals surface area contributed by atoms with Gasteiger partial charge in [0, 0.05) is 11.2 Å². The second-order valence-electron chi connectivity index (χ2n) is 3.89. The fraction of sp³-hybridized carbons (Fsp3) is 0.154. The zero-order chi connectivity index (χ0) is 12.4. The van der Waals surface area contributed by atoms with Crippen LogP contribution in [0, 0.1) is 6.92 Å². The number of rotatable bonds is 2. The molecule has 0 saturated heterocycles. The van der Waals surface area contributed by atoms with Crippen molar-refractivity contribution in [2.24, 2.45) is 5.73 Å². The SMILES string of the molecule is Cc1ccc(C(N)c2ccc(Cl)cn2)cc1Cl. The Balaban J connectivity index is 2.33. The van der Waals surface area contributed by atoms with Gasteiger partial charge in [0.05, 0.1) is 16.8 Å². The third kappa shape index (κ3) is 2.78. The standard InChI is InChI=1S/C13H12Cl2N2/c1-8-2-3-9(6-11(8)15)13(16)12-5-4-10(14)7-17-12/h2-7,13H,16H2,1H3. The molecule has 0 radical (unpaired) electrons. The zero-order valence-electron chi connectivity index (χ0n) is 9.32. The van der Waals surface area contributed by atoms with Crippen LogP contribution >= 0.6 is 23.2 Å². The maximum atomic E-state index is 6.12. The molecule has 4 heteroatoms. The third-order valence-electron chi connectivity index (χ3n) is 2.62. The number of aryl methyl sites for hydroxylation is 1. The number of hydrogen-bond donors (Lipinski definition) is 1. The van der Waals surface area contributed by atoms with Crippen LogP contribution in [0.5, 0.6) is 0 Å². The van der Waals surface area contributed by atoms with Gasteiger partial charge in [0.25, 0.3) is 0 Å². The van der Waals surface area contributed by atoms with Crippen LogP contribution in [-0.2, 0) is 0 Å². The van der Waals surface area contributed by atoms with E-state index < -0.39 is 0 Å². The van der Waals surface area contributed by atoms with Crippen molar-refractivity contribution < 1.29 is 0 Å². The molecule has 2 aromatic rings. The van der Waals surface area contributed by atoms with Crippen LogP contribution in [0.2, 0.25) is 10.0 Å². The van der Waals surface area contributed by atoms with Gasteiger partial charge >= 0.3 is 0 Å². The lowest BCUT2D eigenvalue weighted by Crippen LogP contribution is -2.13. The summed E-state index contributed by atoms with van der Waals surface area (Å²) >= 11 is 11.9. The van der Waals surface area contributed by atoms with Crippen LogP contribution in [0.1, 0.15) is 22.9 Å². The Morgan fingerprint density at radius 1 is 1.18 bits per heavy atom. The average Bonchev–Trinajstić information content (AvgIpc) is 2.33. The fourth-order valence-corrected chi connectivity index (χ4v) is 1.85. The first-order chi connectivity index (χ1) is 8.08. The fourth-order valence-electron chi connectivity index (χ4n) is 1.54. The molecule has 2 nitrogen and oxygen atoms in total. The van der Waals surface area contributed by atoms with Gasteiger partial charge in [-0.05, 0) is 36.2 Å². The molecule has 1 unspecified atom stereocenters. The Bertz CT molecular complexity index is 523. The first-order valence-corrected chi connectivity index (χ1v) is 5.96. The molecule has 0 aliphatic heterocycles. The molecule has 17 heavy (non-hydrogen) atoms. The zero-order valence-corrected chi connectivity index (χ0v) is 10.8. The van der Waals surface area contributed by atoms with E-state index in [0.717, 1.165) is 16.8 Å². The van der Waals surface area contributed by atoms with E-state index in [1.807, 2.05) is 31.2 Å². The van der Waals surface area contributed by atoms with Gasteiger partial charge in [-0.25, -0.2) is 0 Å². The summed E-state index contributed by atoms with van der Waals surface area (Å²) in [4.78, 5) is 4.21. The van der Waals surface area contributed by atoms with Crippen molar-refractivity contribution in [3.8, 4) is 0 Å². The van der Waals surface area contributed by atoms with Crippen LogP contribution in [0.15, 0.2) is 36.5 Å². The van der Waals surface area contributed by atoms with Gasteiger partial charge in [0.15, 0.2) is 0 Å². The second-order valence-corrected chi connectivity index (χ2v) is 4.73. The van der Waals surface area contributed by atoms with Crippen molar-refractivity contribution >= 4 is 23.2 Å². The largest absolute Gasteiger partial charge is 0.319 e. The van der Waals surface area contributed by atoms with Crippen molar-refractivity contribution in [3.05, 3.63) is 63.4 Å². The van der Waals surface area contributed by atoms with Crippen LogP contribution in [0.3, 0.4) is 0 Å². The summed E-state index contributed by atoms with van der Waals surface area (Å²) in [7, 11) is 0. The third-order valence-corrected chi connectivity index (χ3v) is 3.25. The lowest BCUT2D eigenvalue weighted by atomic mass is 10.0. The van der Waals surface area contributed by atoms with Gasteiger partial charge < -0.3 is 5.73 Å². The van der Waals surface area contributed by atoms with E-state index in [4.69, 9.17) is 28.9 Å². The monoisotopic (exact) mass is 266 g/mol. The van der Waals surface area contributed by atoms with E-state index in [2.05, 4.69) is 4.98 Å². The topological polar surface area (TPSA) is 38.9 Å². The highest BCUT2D eigenvalue weighted by Gasteiger charge is 2.11. The highest BCUT2D eigenvalue weighted by Crippen LogP contribution is 2.24. The first-order valence-electron chi connectivity index (χ1n) is 5.21. The lowest BCUT2D eigenvalue weighted by molar-refractivity contribution is 0.828. The first kappa shape index (κ1) is 12.4. The minimum Gasteiger partial charge on any atom is -0.319 e. The maximum absolute atomic E-state index is 6.12. The van der Waals surface area contributed by atoms with E-state index >= 15 is 0 Å². The molecule has 0 aliphatic carbocycles. The molecule has 0 amide bonds. The minimum absolute atomic E-state index is 0.287. The van der Waals surface area contributed by atoms with Gasteiger partial charge in [0.1, 0.15) is 0 Å². The van der Waals surface area contributed by atoms with E-state index in [1.54, 1.807) is 12.3 Å². The highest BCUT2D eigenvalue weighted by molar-refractivity contribution is 6.31. The van der Waals surface area contributed by atoms with Crippen LogP contribution in [-0.4, -0.2) is 4.98 Å². The Morgan fingerprint density at radius 2 is 1.94 bits per heavy atom. The van der Waals surface area contributed by atoms with Crippen molar-refractivity contribution in [1.82, 2.24) is 4.98 Å². The number of aromatic nitrogens is 1. The van der Waals surface area contributed by atoms with Gasteiger partial charge in [-0.2, -0.15) is 0 Å².